The lowest BCUT2D eigenvalue weighted by Crippen LogP contribution is -2.63. The van der Waals surface area contributed by atoms with Crippen molar-refractivity contribution in [2.45, 2.75) is 203 Å². The second kappa shape index (κ2) is 20.1. The van der Waals surface area contributed by atoms with Gasteiger partial charge in [-0.25, -0.2) is 0 Å². The average Bonchev–Trinajstić information content (AvgIpc) is 3.56. The van der Waals surface area contributed by atoms with Crippen LogP contribution in [0.1, 0.15) is 86.0 Å². The van der Waals surface area contributed by atoms with Gasteiger partial charge in [-0.05, 0) is 85.9 Å². The number of hydrogen-bond acceptors (Lipinski definition) is 19. The van der Waals surface area contributed by atoms with Gasteiger partial charge in [0.25, 0.3) is 0 Å². The average molecular weight is 921 g/mol. The van der Waals surface area contributed by atoms with Crippen molar-refractivity contribution in [3.05, 3.63) is 11.6 Å². The van der Waals surface area contributed by atoms with E-state index < -0.39 is 142 Å². The SMILES string of the molecule is CC(C)CC[C@H](O)[C@@H](C)[C@H]1[C@@H](O[C@@H]2O[C@H](CO)[C@@H](O)[C@H](O)[C@H]2O)C[C@H]2[C@@H]3CC=C4C[C@@H](O)C[C@@H](O[C@@H]5O[C@H](CO[C@@H]6O[C@H](CO)[C@@H](O)[C@H](O)[C@H]6O)[C@@H](O)[C@H](O)[C@H]5O)[C@]4(C)[C@H]3CC[C@]12C. The van der Waals surface area contributed by atoms with Crippen LogP contribution in [0.15, 0.2) is 11.6 Å². The Balaban J connectivity index is 1.13. The van der Waals surface area contributed by atoms with Gasteiger partial charge in [0.05, 0.1) is 44.2 Å². The van der Waals surface area contributed by atoms with E-state index in [0.717, 1.165) is 24.8 Å². The molecule has 0 bridgehead atoms. The highest BCUT2D eigenvalue weighted by Gasteiger charge is 2.65. The van der Waals surface area contributed by atoms with Gasteiger partial charge in [-0.3, -0.25) is 0 Å². The highest BCUT2D eigenvalue weighted by atomic mass is 16.7. The number of aliphatic hydroxyl groups excluding tert-OH is 13. The maximum absolute atomic E-state index is 11.7. The van der Waals surface area contributed by atoms with Crippen molar-refractivity contribution in [1.29, 1.82) is 0 Å². The number of ether oxygens (including phenoxy) is 6. The first kappa shape index (κ1) is 50.8. The van der Waals surface area contributed by atoms with Gasteiger partial charge < -0.3 is 94.8 Å². The molecule has 7 aliphatic rings. The standard InChI is InChI=1S/C45H76O19/c1-18(2)6-9-25(49)19(3)31-26(60-42-39(57)36(54)33(51)28(16-47)62-42)14-24-22-8-7-20-12-21(48)13-30(45(20,5)23(22)10-11-44(24,31)4)64-43-40(58)37(55)34(52)29(63-43)17-59-41-38(56)35(53)32(50)27(15-46)61-41/h7,18-19,21-43,46-58H,6,8-17H2,1-5H3/t19-,21-,22-,23+,24+,25+,26+,27-,28-,29-,30-,31+,32-,33-,34-,35+,36+,37+,38-,39-,40-,41-,42-,43+,44+,45+/m1/s1. The molecule has 64 heavy (non-hydrogen) atoms. The van der Waals surface area contributed by atoms with E-state index in [2.05, 4.69) is 33.8 Å². The summed E-state index contributed by atoms with van der Waals surface area (Å²) in [4.78, 5) is 0. The van der Waals surface area contributed by atoms with Crippen molar-refractivity contribution in [3.8, 4) is 0 Å². The van der Waals surface area contributed by atoms with Crippen LogP contribution < -0.4 is 0 Å². The molecule has 0 spiro atoms. The second-order valence-electron chi connectivity index (χ2n) is 21.0. The van der Waals surface area contributed by atoms with Gasteiger partial charge in [-0.15, -0.1) is 0 Å². The van der Waals surface area contributed by atoms with Crippen LogP contribution >= 0.6 is 0 Å². The lowest BCUT2D eigenvalue weighted by Gasteiger charge is -2.60. The Morgan fingerprint density at radius 2 is 1.22 bits per heavy atom. The third-order valence-electron chi connectivity index (χ3n) is 16.8. The zero-order chi connectivity index (χ0) is 46.7. The molecule has 19 nitrogen and oxygen atoms in total. The Bertz CT molecular complexity index is 1570. The molecule has 4 aliphatic carbocycles. The van der Waals surface area contributed by atoms with Crippen molar-refractivity contribution < 1.29 is 94.8 Å². The smallest absolute Gasteiger partial charge is 0.187 e. The largest absolute Gasteiger partial charge is 0.394 e. The summed E-state index contributed by atoms with van der Waals surface area (Å²) in [5, 5.41) is 139. The normalized spacial score (nSPS) is 51.8. The maximum atomic E-state index is 11.7. The summed E-state index contributed by atoms with van der Waals surface area (Å²) >= 11 is 0. The van der Waals surface area contributed by atoms with Crippen LogP contribution in [0, 0.1) is 46.3 Å². The number of hydrogen-bond donors (Lipinski definition) is 13. The highest BCUT2D eigenvalue weighted by molar-refractivity contribution is 5.28. The zero-order valence-electron chi connectivity index (χ0n) is 37.6. The second-order valence-corrected chi connectivity index (χ2v) is 21.0. The van der Waals surface area contributed by atoms with Gasteiger partial charge in [0.15, 0.2) is 18.9 Å². The topological polar surface area (TPSA) is 318 Å². The molecule has 7 rings (SSSR count). The minimum absolute atomic E-state index is 0.0162. The lowest BCUT2D eigenvalue weighted by atomic mass is 9.46. The zero-order valence-corrected chi connectivity index (χ0v) is 37.6. The van der Waals surface area contributed by atoms with Crippen molar-refractivity contribution in [1.82, 2.24) is 0 Å². The highest BCUT2D eigenvalue weighted by Crippen LogP contribution is 2.68. The number of aliphatic hydroxyl groups is 13. The van der Waals surface area contributed by atoms with E-state index >= 15 is 0 Å². The fourth-order valence-electron chi connectivity index (χ4n) is 13.1. The Kier molecular flexibility index (Phi) is 16.0. The predicted molar refractivity (Wildman–Crippen MR) is 221 cm³/mol. The van der Waals surface area contributed by atoms with Gasteiger partial charge in [0, 0.05) is 11.8 Å². The molecular weight excluding hydrogens is 844 g/mol. The summed E-state index contributed by atoms with van der Waals surface area (Å²) in [6.07, 6.45) is -19.1. The molecule has 19 heteroatoms. The molecule has 0 unspecified atom stereocenters. The first-order chi connectivity index (χ1) is 30.2. The summed E-state index contributed by atoms with van der Waals surface area (Å²) < 4.78 is 36.4. The molecule has 3 saturated carbocycles. The van der Waals surface area contributed by atoms with E-state index in [4.69, 9.17) is 28.4 Å². The number of rotatable bonds is 14. The molecule has 0 aromatic heterocycles. The van der Waals surface area contributed by atoms with Crippen LogP contribution in [-0.2, 0) is 28.4 Å². The van der Waals surface area contributed by atoms with E-state index in [0.29, 0.717) is 31.6 Å². The molecule has 0 radical (unpaired) electrons. The molecule has 3 heterocycles. The lowest BCUT2D eigenvalue weighted by molar-refractivity contribution is -0.342. The van der Waals surface area contributed by atoms with Gasteiger partial charge in [0.1, 0.15) is 73.2 Å². The molecule has 0 amide bonds. The first-order valence-corrected chi connectivity index (χ1v) is 23.5. The maximum Gasteiger partial charge on any atom is 0.187 e. The number of allylic oxidation sites excluding steroid dienone is 1. The van der Waals surface area contributed by atoms with E-state index in [9.17, 15) is 66.4 Å². The molecule has 13 N–H and O–H groups in total. The van der Waals surface area contributed by atoms with Gasteiger partial charge in [-0.1, -0.05) is 46.3 Å². The van der Waals surface area contributed by atoms with E-state index in [-0.39, 0.29) is 41.4 Å². The van der Waals surface area contributed by atoms with Crippen LogP contribution in [0.3, 0.4) is 0 Å². The van der Waals surface area contributed by atoms with Crippen LogP contribution in [0.5, 0.6) is 0 Å². The van der Waals surface area contributed by atoms with E-state index in [1.54, 1.807) is 0 Å². The summed E-state index contributed by atoms with van der Waals surface area (Å²) in [6.45, 7) is 8.79. The molecular formula is C45H76O19. The molecule has 0 aromatic rings. The minimum atomic E-state index is -1.76. The summed E-state index contributed by atoms with van der Waals surface area (Å²) in [5.41, 5.74) is -0.0819. The van der Waals surface area contributed by atoms with Gasteiger partial charge >= 0.3 is 0 Å². The fraction of sp³-hybridized carbons (Fsp3) is 0.956. The van der Waals surface area contributed by atoms with Crippen LogP contribution in [0.4, 0.5) is 0 Å². The van der Waals surface area contributed by atoms with Crippen LogP contribution in [0.25, 0.3) is 0 Å². The number of fused-ring (bicyclic) bond motifs is 5. The molecule has 3 saturated heterocycles. The summed E-state index contributed by atoms with van der Waals surface area (Å²) in [6, 6.07) is 0. The third-order valence-corrected chi connectivity index (χ3v) is 16.8. The molecule has 3 aliphatic heterocycles. The predicted octanol–water partition coefficient (Wildman–Crippen LogP) is -2.23. The van der Waals surface area contributed by atoms with Gasteiger partial charge in [-0.2, -0.15) is 0 Å². The van der Waals surface area contributed by atoms with Crippen molar-refractivity contribution >= 4 is 0 Å². The monoisotopic (exact) mass is 920 g/mol. The minimum Gasteiger partial charge on any atom is -0.394 e. The summed E-state index contributed by atoms with van der Waals surface area (Å²) in [7, 11) is 0. The Morgan fingerprint density at radius 1 is 0.672 bits per heavy atom. The molecule has 6 fully saturated rings. The van der Waals surface area contributed by atoms with Crippen LogP contribution in [-0.4, -0.2) is 203 Å². The summed E-state index contributed by atoms with van der Waals surface area (Å²) in [5.74, 6) is -0.0300. The molecule has 370 valence electrons. The third kappa shape index (κ3) is 9.25. The first-order valence-electron chi connectivity index (χ1n) is 23.5. The van der Waals surface area contributed by atoms with E-state index in [1.807, 2.05) is 6.92 Å². The van der Waals surface area contributed by atoms with E-state index in [1.165, 1.54) is 0 Å². The van der Waals surface area contributed by atoms with Gasteiger partial charge in [0.2, 0.25) is 0 Å². The quantitative estimate of drug-likeness (QED) is 0.0821. The molecule has 26 atom stereocenters. The fourth-order valence-corrected chi connectivity index (χ4v) is 13.1. The van der Waals surface area contributed by atoms with Crippen molar-refractivity contribution in [2.24, 2.45) is 46.3 Å². The van der Waals surface area contributed by atoms with Crippen LogP contribution in [0.2, 0.25) is 0 Å². The molecule has 0 aromatic carbocycles. The van der Waals surface area contributed by atoms with Crippen molar-refractivity contribution in [3.63, 3.8) is 0 Å². The Morgan fingerprint density at radius 3 is 1.81 bits per heavy atom. The Hall–Kier alpha value is -1.02. The van der Waals surface area contributed by atoms with Crippen molar-refractivity contribution in [2.75, 3.05) is 19.8 Å². The Labute approximate surface area is 374 Å².